The van der Waals surface area contributed by atoms with Crippen molar-refractivity contribution in [2.75, 3.05) is 23.9 Å². The Morgan fingerprint density at radius 2 is 1.97 bits per heavy atom. The van der Waals surface area contributed by atoms with Gasteiger partial charge in [-0.25, -0.2) is 4.79 Å². The number of carbonyl (C=O) groups is 1. The van der Waals surface area contributed by atoms with E-state index < -0.39 is 0 Å². The summed E-state index contributed by atoms with van der Waals surface area (Å²) in [5, 5.41) is 4.38. The molecule has 0 radical (unpaired) electrons. The number of methoxy groups -OCH3 is 1. The number of rotatable bonds is 6. The second-order valence-corrected chi connectivity index (χ2v) is 8.40. The van der Waals surface area contributed by atoms with Crippen molar-refractivity contribution >= 4 is 28.2 Å². The van der Waals surface area contributed by atoms with E-state index in [0.29, 0.717) is 18.0 Å². The standard InChI is InChI=1S/C25H29N3O3/c1-16(2)17-6-11-22-18(13-17)14-19(24(29)27-22)15-26-20-7-9-21(10-8-20)28-12-4-5-23(28)25(30)31-3/h6-11,13-14,16,23,26H,4-5,12,15H2,1-3H3,(H,27,29). The van der Waals surface area contributed by atoms with Gasteiger partial charge in [-0.1, -0.05) is 19.9 Å². The zero-order chi connectivity index (χ0) is 22.0. The van der Waals surface area contributed by atoms with Crippen LogP contribution in [0.3, 0.4) is 0 Å². The Kier molecular flexibility index (Phi) is 5.98. The zero-order valence-electron chi connectivity index (χ0n) is 18.3. The molecule has 4 rings (SSSR count). The predicted molar refractivity (Wildman–Crippen MR) is 125 cm³/mol. The van der Waals surface area contributed by atoms with Gasteiger partial charge in [0, 0.05) is 35.5 Å². The number of esters is 1. The molecule has 31 heavy (non-hydrogen) atoms. The summed E-state index contributed by atoms with van der Waals surface area (Å²) in [6.45, 7) is 5.60. The quantitative estimate of drug-likeness (QED) is 0.579. The smallest absolute Gasteiger partial charge is 0.328 e. The summed E-state index contributed by atoms with van der Waals surface area (Å²) in [6.07, 6.45) is 1.79. The average Bonchev–Trinajstić information content (AvgIpc) is 3.27. The Hall–Kier alpha value is -3.28. The Labute approximate surface area is 182 Å². The van der Waals surface area contributed by atoms with Crippen molar-refractivity contribution in [1.29, 1.82) is 0 Å². The number of ether oxygens (including phenoxy) is 1. The highest BCUT2D eigenvalue weighted by atomic mass is 16.5. The van der Waals surface area contributed by atoms with Crippen LogP contribution in [-0.2, 0) is 16.1 Å². The summed E-state index contributed by atoms with van der Waals surface area (Å²) < 4.78 is 4.93. The van der Waals surface area contributed by atoms with Crippen molar-refractivity contribution in [3.8, 4) is 0 Å². The van der Waals surface area contributed by atoms with E-state index in [2.05, 4.69) is 41.2 Å². The first-order valence-corrected chi connectivity index (χ1v) is 10.8. The molecule has 162 valence electrons. The van der Waals surface area contributed by atoms with Gasteiger partial charge in [-0.3, -0.25) is 4.79 Å². The van der Waals surface area contributed by atoms with Crippen molar-refractivity contribution in [3.63, 3.8) is 0 Å². The third-order valence-corrected chi connectivity index (χ3v) is 6.02. The fourth-order valence-corrected chi connectivity index (χ4v) is 4.19. The maximum atomic E-state index is 12.5. The molecule has 2 aromatic carbocycles. The molecule has 6 nitrogen and oxygen atoms in total. The molecule has 1 unspecified atom stereocenters. The van der Waals surface area contributed by atoms with Crippen LogP contribution in [0.5, 0.6) is 0 Å². The molecule has 2 N–H and O–H groups in total. The van der Waals surface area contributed by atoms with Gasteiger partial charge in [0.25, 0.3) is 5.56 Å². The lowest BCUT2D eigenvalue weighted by molar-refractivity contribution is -0.141. The van der Waals surface area contributed by atoms with E-state index in [9.17, 15) is 9.59 Å². The van der Waals surface area contributed by atoms with Crippen molar-refractivity contribution in [2.24, 2.45) is 0 Å². The molecule has 0 saturated carbocycles. The van der Waals surface area contributed by atoms with Gasteiger partial charge in [-0.2, -0.15) is 0 Å². The fraction of sp³-hybridized carbons (Fsp3) is 0.360. The Balaban J connectivity index is 1.48. The first kappa shape index (κ1) is 21.0. The summed E-state index contributed by atoms with van der Waals surface area (Å²) in [5.74, 6) is 0.252. The molecule has 0 amide bonds. The molecule has 1 saturated heterocycles. The highest BCUT2D eigenvalue weighted by Gasteiger charge is 2.31. The summed E-state index contributed by atoms with van der Waals surface area (Å²) >= 11 is 0. The van der Waals surface area contributed by atoms with Crippen LogP contribution in [0, 0.1) is 0 Å². The molecule has 0 aliphatic carbocycles. The normalized spacial score (nSPS) is 16.1. The lowest BCUT2D eigenvalue weighted by Gasteiger charge is -2.25. The van der Waals surface area contributed by atoms with Gasteiger partial charge < -0.3 is 19.9 Å². The first-order valence-electron chi connectivity index (χ1n) is 10.8. The van der Waals surface area contributed by atoms with E-state index in [0.717, 1.165) is 41.7 Å². The van der Waals surface area contributed by atoms with Crippen molar-refractivity contribution in [1.82, 2.24) is 4.98 Å². The number of pyridine rings is 1. The third-order valence-electron chi connectivity index (χ3n) is 6.02. The highest BCUT2D eigenvalue weighted by Crippen LogP contribution is 2.27. The van der Waals surface area contributed by atoms with E-state index in [1.165, 1.54) is 12.7 Å². The minimum atomic E-state index is -0.212. The van der Waals surface area contributed by atoms with Gasteiger partial charge in [0.15, 0.2) is 0 Å². The minimum absolute atomic E-state index is 0.0769. The van der Waals surface area contributed by atoms with E-state index in [-0.39, 0.29) is 17.6 Å². The summed E-state index contributed by atoms with van der Waals surface area (Å²) in [6, 6.07) is 15.9. The number of nitrogens with one attached hydrogen (secondary N) is 2. The van der Waals surface area contributed by atoms with Gasteiger partial charge in [-0.15, -0.1) is 0 Å². The van der Waals surface area contributed by atoms with Crippen molar-refractivity contribution < 1.29 is 9.53 Å². The van der Waals surface area contributed by atoms with Crippen LogP contribution in [0.2, 0.25) is 0 Å². The van der Waals surface area contributed by atoms with Crippen LogP contribution in [0.15, 0.2) is 53.3 Å². The molecular weight excluding hydrogens is 390 g/mol. The predicted octanol–water partition coefficient (Wildman–Crippen LogP) is 4.41. The number of aromatic amines is 1. The third kappa shape index (κ3) is 4.43. The number of carbonyl (C=O) groups excluding carboxylic acids is 1. The Morgan fingerprint density at radius 1 is 1.19 bits per heavy atom. The molecule has 0 spiro atoms. The minimum Gasteiger partial charge on any atom is -0.467 e. The summed E-state index contributed by atoms with van der Waals surface area (Å²) in [5.41, 5.74) is 4.65. The molecule has 1 fully saturated rings. The molecule has 1 aromatic heterocycles. The molecule has 3 aromatic rings. The van der Waals surface area contributed by atoms with E-state index in [1.54, 1.807) is 0 Å². The Morgan fingerprint density at radius 3 is 2.68 bits per heavy atom. The van der Waals surface area contributed by atoms with Crippen LogP contribution < -0.4 is 15.8 Å². The van der Waals surface area contributed by atoms with Gasteiger partial charge in [0.1, 0.15) is 6.04 Å². The number of hydrogen-bond donors (Lipinski definition) is 2. The van der Waals surface area contributed by atoms with Gasteiger partial charge in [0.2, 0.25) is 0 Å². The van der Waals surface area contributed by atoms with Crippen molar-refractivity contribution in [3.05, 3.63) is 70.0 Å². The second-order valence-electron chi connectivity index (χ2n) is 8.40. The lowest BCUT2D eigenvalue weighted by Crippen LogP contribution is -2.36. The number of benzene rings is 2. The van der Waals surface area contributed by atoms with Crippen LogP contribution >= 0.6 is 0 Å². The van der Waals surface area contributed by atoms with Crippen LogP contribution in [0.4, 0.5) is 11.4 Å². The summed E-state index contributed by atoms with van der Waals surface area (Å²) in [7, 11) is 1.43. The maximum absolute atomic E-state index is 12.5. The first-order chi connectivity index (χ1) is 15.0. The summed E-state index contributed by atoms with van der Waals surface area (Å²) in [4.78, 5) is 29.6. The molecule has 0 bridgehead atoms. The zero-order valence-corrected chi connectivity index (χ0v) is 18.3. The van der Waals surface area contributed by atoms with Gasteiger partial charge in [0.05, 0.1) is 7.11 Å². The average molecular weight is 420 g/mol. The molecular formula is C25H29N3O3. The van der Waals surface area contributed by atoms with E-state index >= 15 is 0 Å². The van der Waals surface area contributed by atoms with E-state index in [4.69, 9.17) is 4.74 Å². The molecule has 1 atom stereocenters. The van der Waals surface area contributed by atoms with Crippen LogP contribution in [-0.4, -0.2) is 30.6 Å². The molecule has 2 heterocycles. The van der Waals surface area contributed by atoms with E-state index in [1.807, 2.05) is 36.4 Å². The van der Waals surface area contributed by atoms with Crippen LogP contribution in [0.1, 0.15) is 43.7 Å². The number of anilines is 2. The molecule has 1 aliphatic heterocycles. The second kappa shape index (κ2) is 8.84. The lowest BCUT2D eigenvalue weighted by atomic mass is 10.0. The molecule has 1 aliphatic rings. The number of hydrogen-bond acceptors (Lipinski definition) is 5. The van der Waals surface area contributed by atoms with Gasteiger partial charge in [-0.05, 0) is 72.2 Å². The molecule has 6 heteroatoms. The Bertz CT molecular complexity index is 1130. The maximum Gasteiger partial charge on any atom is 0.328 e. The number of H-pyrrole nitrogens is 1. The topological polar surface area (TPSA) is 74.4 Å². The SMILES string of the molecule is COC(=O)C1CCCN1c1ccc(NCc2cc3cc(C(C)C)ccc3[nH]c2=O)cc1. The number of fused-ring (bicyclic) bond motifs is 1. The highest BCUT2D eigenvalue weighted by molar-refractivity contribution is 5.81. The largest absolute Gasteiger partial charge is 0.467 e. The fourth-order valence-electron chi connectivity index (χ4n) is 4.19. The number of nitrogens with zero attached hydrogens (tertiary/aromatic N) is 1. The van der Waals surface area contributed by atoms with Gasteiger partial charge >= 0.3 is 5.97 Å². The van der Waals surface area contributed by atoms with Crippen LogP contribution in [0.25, 0.3) is 10.9 Å². The van der Waals surface area contributed by atoms with Crippen molar-refractivity contribution in [2.45, 2.75) is 45.2 Å². The monoisotopic (exact) mass is 419 g/mol. The number of aromatic nitrogens is 1.